The van der Waals surface area contributed by atoms with Crippen molar-refractivity contribution in [2.75, 3.05) is 0 Å². The molecule has 2 aliphatic carbocycles. The summed E-state index contributed by atoms with van der Waals surface area (Å²) >= 11 is 1.82. The van der Waals surface area contributed by atoms with E-state index in [1.54, 1.807) is 0 Å². The molecule has 0 aliphatic heterocycles. The van der Waals surface area contributed by atoms with Gasteiger partial charge in [-0.1, -0.05) is 0 Å². The van der Waals surface area contributed by atoms with Crippen molar-refractivity contribution in [3.8, 4) is 0 Å². The molecule has 17 heavy (non-hydrogen) atoms. The van der Waals surface area contributed by atoms with E-state index in [1.165, 1.54) is 11.1 Å². The first-order chi connectivity index (χ1) is 7.99. The molecule has 0 aromatic rings. The molecule has 2 atom stereocenters. The van der Waals surface area contributed by atoms with E-state index < -0.39 is 0 Å². The third kappa shape index (κ3) is 2.83. The van der Waals surface area contributed by atoms with Crippen LogP contribution in [0, 0.1) is 0 Å². The van der Waals surface area contributed by atoms with E-state index >= 15 is 0 Å². The van der Waals surface area contributed by atoms with Crippen LogP contribution in [0.2, 0.25) is 8.77 Å². The van der Waals surface area contributed by atoms with Crippen molar-refractivity contribution in [3.05, 3.63) is 47.6 Å². The average Bonchev–Trinajstić information content (AvgIpc) is 2.82. The number of allylic oxidation sites excluding steroid dienone is 8. The van der Waals surface area contributed by atoms with Crippen molar-refractivity contribution in [2.24, 2.45) is 0 Å². The third-order valence-corrected chi connectivity index (χ3v) is 4.98. The van der Waals surface area contributed by atoms with Gasteiger partial charge in [0, 0.05) is 0 Å². The summed E-state index contributed by atoms with van der Waals surface area (Å²) in [5, 5.41) is 0. The van der Waals surface area contributed by atoms with Gasteiger partial charge in [-0.05, 0) is 0 Å². The second kappa shape index (κ2) is 4.61. The number of rotatable bonds is 4. The Bertz CT molecular complexity index is 385. The summed E-state index contributed by atoms with van der Waals surface area (Å²) in [6.45, 7) is 9.09. The SMILES string of the molecule is CCC1=C[C](C)([Ni][C]2(C)C=CC(CC)=C2)C=C1. The van der Waals surface area contributed by atoms with Crippen LogP contribution < -0.4 is 0 Å². The van der Waals surface area contributed by atoms with Crippen molar-refractivity contribution in [1.82, 2.24) is 0 Å². The summed E-state index contributed by atoms with van der Waals surface area (Å²) in [7, 11) is 0. The van der Waals surface area contributed by atoms with Crippen molar-refractivity contribution in [3.63, 3.8) is 0 Å². The van der Waals surface area contributed by atoms with Crippen molar-refractivity contribution in [1.29, 1.82) is 0 Å². The van der Waals surface area contributed by atoms with E-state index in [1.807, 2.05) is 14.4 Å². The molecule has 0 saturated carbocycles. The van der Waals surface area contributed by atoms with Gasteiger partial charge in [-0.15, -0.1) is 0 Å². The summed E-state index contributed by atoms with van der Waals surface area (Å²) in [6.07, 6.45) is 16.4. The summed E-state index contributed by atoms with van der Waals surface area (Å²) in [5.74, 6) is 0. The van der Waals surface area contributed by atoms with Gasteiger partial charge in [-0.3, -0.25) is 0 Å². The first-order valence-electron chi connectivity index (χ1n) is 6.41. The van der Waals surface area contributed by atoms with Gasteiger partial charge < -0.3 is 0 Å². The Morgan fingerprint density at radius 3 is 1.59 bits per heavy atom. The molecule has 0 heterocycles. The van der Waals surface area contributed by atoms with Gasteiger partial charge >= 0.3 is 111 Å². The van der Waals surface area contributed by atoms with Crippen LogP contribution in [-0.2, 0) is 14.4 Å². The van der Waals surface area contributed by atoms with E-state index in [0.29, 0.717) is 0 Å². The Kier molecular flexibility index (Phi) is 3.50. The minimum absolute atomic E-state index is 0.178. The summed E-state index contributed by atoms with van der Waals surface area (Å²) in [4.78, 5) is 0. The molecule has 0 radical (unpaired) electrons. The Balaban J connectivity index is 2.14. The molecule has 0 bridgehead atoms. The molecule has 0 saturated heterocycles. The minimum atomic E-state index is 0.178. The van der Waals surface area contributed by atoms with Crippen LogP contribution in [0.1, 0.15) is 40.5 Å². The first-order valence-corrected chi connectivity index (χ1v) is 7.40. The molecule has 2 unspecified atom stereocenters. The standard InChI is InChI=1S/2C8H11.Ni/c2*1-3-8-5-4-7(2)6-8;/h2*4-6H,3H2,1-2H3;. The monoisotopic (exact) mass is 272 g/mol. The number of hydrogen-bond acceptors (Lipinski definition) is 0. The zero-order valence-corrected chi connectivity index (χ0v) is 12.2. The van der Waals surface area contributed by atoms with Crippen molar-refractivity contribution in [2.45, 2.75) is 49.3 Å². The first kappa shape index (κ1) is 12.9. The van der Waals surface area contributed by atoms with E-state index in [4.69, 9.17) is 0 Å². The Morgan fingerprint density at radius 1 is 0.882 bits per heavy atom. The molecule has 96 valence electrons. The second-order valence-electron chi connectivity index (χ2n) is 5.06. The molecule has 0 N–H and O–H groups in total. The molecule has 0 amide bonds. The number of hydrogen-bond donors (Lipinski definition) is 0. The van der Waals surface area contributed by atoms with Gasteiger partial charge in [-0.25, -0.2) is 0 Å². The Labute approximate surface area is 111 Å². The zero-order valence-electron chi connectivity index (χ0n) is 11.2. The molecule has 2 rings (SSSR count). The Hall–Kier alpha value is -0.546. The summed E-state index contributed by atoms with van der Waals surface area (Å²) in [5.41, 5.74) is 2.94. The predicted molar refractivity (Wildman–Crippen MR) is 71.8 cm³/mol. The molecule has 1 heteroatoms. The zero-order chi connectivity index (χ0) is 12.5. The van der Waals surface area contributed by atoms with E-state index in [-0.39, 0.29) is 8.77 Å². The average molecular weight is 273 g/mol. The molecule has 0 spiro atoms. The van der Waals surface area contributed by atoms with E-state index in [9.17, 15) is 0 Å². The molecule has 0 fully saturated rings. The third-order valence-electron chi connectivity index (χ3n) is 3.30. The van der Waals surface area contributed by atoms with Gasteiger partial charge in [0.2, 0.25) is 0 Å². The van der Waals surface area contributed by atoms with Crippen LogP contribution in [0.15, 0.2) is 47.6 Å². The molecule has 0 aromatic heterocycles. The molecule has 0 nitrogen and oxygen atoms in total. The normalized spacial score (nSPS) is 35.5. The second-order valence-corrected chi connectivity index (χ2v) is 7.44. The van der Waals surface area contributed by atoms with Crippen molar-refractivity contribution < 1.29 is 14.4 Å². The van der Waals surface area contributed by atoms with Gasteiger partial charge in [0.15, 0.2) is 0 Å². The van der Waals surface area contributed by atoms with Crippen LogP contribution in [0.4, 0.5) is 0 Å². The Morgan fingerprint density at radius 2 is 1.29 bits per heavy atom. The maximum absolute atomic E-state index is 2.42. The molecule has 2 aliphatic rings. The van der Waals surface area contributed by atoms with Crippen LogP contribution in [-0.4, -0.2) is 0 Å². The van der Waals surface area contributed by atoms with Crippen LogP contribution >= 0.6 is 0 Å². The predicted octanol–water partition coefficient (Wildman–Crippen LogP) is 5.24. The fourth-order valence-corrected chi connectivity index (χ4v) is 4.31. The summed E-state index contributed by atoms with van der Waals surface area (Å²) < 4.78 is 0.355. The van der Waals surface area contributed by atoms with E-state index in [2.05, 4.69) is 64.2 Å². The van der Waals surface area contributed by atoms with Gasteiger partial charge in [0.05, 0.1) is 0 Å². The van der Waals surface area contributed by atoms with Gasteiger partial charge in [0.25, 0.3) is 0 Å². The van der Waals surface area contributed by atoms with Crippen LogP contribution in [0.5, 0.6) is 0 Å². The van der Waals surface area contributed by atoms with Crippen molar-refractivity contribution >= 4 is 0 Å². The van der Waals surface area contributed by atoms with Gasteiger partial charge in [-0.2, -0.15) is 0 Å². The van der Waals surface area contributed by atoms with Gasteiger partial charge in [0.1, 0.15) is 0 Å². The molecular formula is C16H22Ni. The van der Waals surface area contributed by atoms with Crippen LogP contribution in [0.3, 0.4) is 0 Å². The fourth-order valence-electron chi connectivity index (χ4n) is 2.33. The van der Waals surface area contributed by atoms with Crippen LogP contribution in [0.25, 0.3) is 0 Å². The van der Waals surface area contributed by atoms with E-state index in [0.717, 1.165) is 12.8 Å². The quantitative estimate of drug-likeness (QED) is 0.614. The molecule has 0 aromatic carbocycles. The topological polar surface area (TPSA) is 0 Å². The maximum atomic E-state index is 2.42. The molecular weight excluding hydrogens is 251 g/mol. The fraction of sp³-hybridized carbons (Fsp3) is 0.500. The summed E-state index contributed by atoms with van der Waals surface area (Å²) in [6, 6.07) is 0.